The fourth-order valence-electron chi connectivity index (χ4n) is 2.03. The Morgan fingerprint density at radius 2 is 2.00 bits per heavy atom. The molecule has 1 unspecified atom stereocenters. The average molecular weight is 332 g/mol. The van der Waals surface area contributed by atoms with Crippen LogP contribution in [0.4, 0.5) is 5.69 Å². The minimum atomic E-state index is 0.255. The first-order valence-electron chi connectivity index (χ1n) is 5.60. The van der Waals surface area contributed by atoms with Gasteiger partial charge in [0, 0.05) is 31.9 Å². The zero-order valence-corrected chi connectivity index (χ0v) is 11.4. The molecule has 16 heavy (non-hydrogen) atoms. The molecular weight excluding hydrogens is 315 g/mol. The lowest BCUT2D eigenvalue weighted by Gasteiger charge is -2.39. The summed E-state index contributed by atoms with van der Waals surface area (Å²) in [5.41, 5.74) is 1.30. The number of piperazine rings is 1. The van der Waals surface area contributed by atoms with Crippen molar-refractivity contribution >= 4 is 28.3 Å². The molecule has 2 rings (SSSR count). The van der Waals surface area contributed by atoms with Crippen molar-refractivity contribution in [2.45, 2.75) is 4.05 Å². The molecule has 1 aliphatic heterocycles. The molecule has 0 radical (unpaired) electrons. The number of para-hydroxylation sites is 1. The van der Waals surface area contributed by atoms with Gasteiger partial charge in [-0.25, -0.2) is 0 Å². The lowest BCUT2D eigenvalue weighted by molar-refractivity contribution is 0.181. The largest absolute Gasteiger partial charge is 0.395 e. The van der Waals surface area contributed by atoms with Crippen LogP contribution in [0.5, 0.6) is 0 Å². The van der Waals surface area contributed by atoms with Gasteiger partial charge >= 0.3 is 0 Å². The van der Waals surface area contributed by atoms with E-state index in [0.29, 0.717) is 4.05 Å². The zero-order chi connectivity index (χ0) is 11.4. The smallest absolute Gasteiger partial charge is 0.0797 e. The van der Waals surface area contributed by atoms with Crippen molar-refractivity contribution < 1.29 is 5.11 Å². The summed E-state index contributed by atoms with van der Waals surface area (Å²) in [5.74, 6) is 0. The number of rotatable bonds is 3. The van der Waals surface area contributed by atoms with Crippen molar-refractivity contribution in [3.05, 3.63) is 30.3 Å². The van der Waals surface area contributed by atoms with Crippen molar-refractivity contribution in [3.63, 3.8) is 0 Å². The van der Waals surface area contributed by atoms with E-state index in [2.05, 4.69) is 56.7 Å². The quantitative estimate of drug-likeness (QED) is 0.517. The van der Waals surface area contributed by atoms with E-state index >= 15 is 0 Å². The summed E-state index contributed by atoms with van der Waals surface area (Å²) < 4.78 is 0.485. The van der Waals surface area contributed by atoms with E-state index in [-0.39, 0.29) is 6.61 Å². The third kappa shape index (κ3) is 2.87. The number of halogens is 1. The maximum atomic E-state index is 8.96. The number of hydrogen-bond acceptors (Lipinski definition) is 3. The molecule has 3 nitrogen and oxygen atoms in total. The topological polar surface area (TPSA) is 26.7 Å². The third-order valence-corrected chi connectivity index (χ3v) is 4.11. The number of β-amino-alcohol motifs (C(OH)–C–C–N with tert-alkyl or cyclic N) is 1. The normalized spacial score (nSPS) is 22.4. The van der Waals surface area contributed by atoms with Crippen molar-refractivity contribution in [1.82, 2.24) is 4.90 Å². The SMILES string of the molecule is OCCN1CCN(c2ccccc2)CC1I. The van der Waals surface area contributed by atoms with Crippen molar-refractivity contribution in [3.8, 4) is 0 Å². The minimum absolute atomic E-state index is 0.255. The Hall–Kier alpha value is -0.330. The predicted octanol–water partition coefficient (Wildman–Crippen LogP) is 1.56. The Morgan fingerprint density at radius 1 is 1.25 bits per heavy atom. The molecule has 88 valence electrons. The first-order valence-corrected chi connectivity index (χ1v) is 6.85. The Balaban J connectivity index is 1.97. The highest BCUT2D eigenvalue weighted by molar-refractivity contribution is 14.1. The molecule has 0 bridgehead atoms. The second-order valence-corrected chi connectivity index (χ2v) is 5.41. The van der Waals surface area contributed by atoms with Crippen LogP contribution < -0.4 is 4.90 Å². The summed E-state index contributed by atoms with van der Waals surface area (Å²) in [6.45, 7) is 4.15. The van der Waals surface area contributed by atoms with Crippen LogP contribution in [-0.4, -0.2) is 46.8 Å². The Labute approximate surface area is 110 Å². The number of benzene rings is 1. The van der Waals surface area contributed by atoms with Gasteiger partial charge in [-0.15, -0.1) is 0 Å². The van der Waals surface area contributed by atoms with Crippen LogP contribution in [0.25, 0.3) is 0 Å². The molecule has 1 aliphatic rings. The summed E-state index contributed by atoms with van der Waals surface area (Å²) in [6.07, 6.45) is 0. The van der Waals surface area contributed by atoms with E-state index < -0.39 is 0 Å². The third-order valence-electron chi connectivity index (χ3n) is 2.93. The van der Waals surface area contributed by atoms with Gasteiger partial charge in [0.25, 0.3) is 0 Å². The molecule has 0 amide bonds. The van der Waals surface area contributed by atoms with Crippen LogP contribution >= 0.6 is 22.6 Å². The van der Waals surface area contributed by atoms with Crippen LogP contribution in [0, 0.1) is 0 Å². The number of aliphatic hydroxyl groups excluding tert-OH is 1. The van der Waals surface area contributed by atoms with E-state index in [1.165, 1.54) is 5.69 Å². The molecule has 1 saturated heterocycles. The van der Waals surface area contributed by atoms with Crippen LogP contribution in [0.1, 0.15) is 0 Å². The summed E-state index contributed by atoms with van der Waals surface area (Å²) in [7, 11) is 0. The zero-order valence-electron chi connectivity index (χ0n) is 9.22. The lowest BCUT2D eigenvalue weighted by Crippen LogP contribution is -2.51. The van der Waals surface area contributed by atoms with Gasteiger partial charge in [-0.3, -0.25) is 4.90 Å². The van der Waals surface area contributed by atoms with E-state index in [0.717, 1.165) is 26.2 Å². The second kappa shape index (κ2) is 5.84. The molecule has 0 saturated carbocycles. The predicted molar refractivity (Wildman–Crippen MR) is 75.1 cm³/mol. The van der Waals surface area contributed by atoms with Gasteiger partial charge in [-0.05, 0) is 12.1 Å². The molecule has 1 aromatic carbocycles. The number of alkyl halides is 1. The molecule has 4 heteroatoms. The molecule has 1 aromatic rings. The Kier molecular flexibility index (Phi) is 4.43. The monoisotopic (exact) mass is 332 g/mol. The summed E-state index contributed by atoms with van der Waals surface area (Å²) in [5, 5.41) is 8.96. The molecule has 1 fully saturated rings. The van der Waals surface area contributed by atoms with Crippen LogP contribution in [0.2, 0.25) is 0 Å². The molecule has 0 spiro atoms. The first-order chi connectivity index (χ1) is 7.81. The van der Waals surface area contributed by atoms with E-state index in [4.69, 9.17) is 5.11 Å². The van der Waals surface area contributed by atoms with E-state index in [1.54, 1.807) is 0 Å². The van der Waals surface area contributed by atoms with Crippen molar-refractivity contribution in [1.29, 1.82) is 0 Å². The number of aliphatic hydroxyl groups is 1. The fourth-order valence-corrected chi connectivity index (χ4v) is 3.06. The Bertz CT molecular complexity index is 320. The molecule has 0 aromatic heterocycles. The van der Waals surface area contributed by atoms with Gasteiger partial charge in [-0.1, -0.05) is 40.8 Å². The number of hydrogen-bond donors (Lipinski definition) is 1. The van der Waals surface area contributed by atoms with E-state index in [9.17, 15) is 0 Å². The highest BCUT2D eigenvalue weighted by Crippen LogP contribution is 2.21. The molecular formula is C12H17IN2O. The van der Waals surface area contributed by atoms with Crippen LogP contribution in [-0.2, 0) is 0 Å². The highest BCUT2D eigenvalue weighted by atomic mass is 127. The maximum Gasteiger partial charge on any atom is 0.0797 e. The van der Waals surface area contributed by atoms with Crippen molar-refractivity contribution in [2.75, 3.05) is 37.7 Å². The number of anilines is 1. The van der Waals surface area contributed by atoms with Gasteiger partial charge in [-0.2, -0.15) is 0 Å². The Morgan fingerprint density at radius 3 is 2.62 bits per heavy atom. The van der Waals surface area contributed by atoms with Crippen LogP contribution in [0.3, 0.4) is 0 Å². The van der Waals surface area contributed by atoms with Gasteiger partial charge < -0.3 is 10.0 Å². The summed E-state index contributed by atoms with van der Waals surface area (Å²) >= 11 is 2.46. The van der Waals surface area contributed by atoms with Crippen LogP contribution in [0.15, 0.2) is 30.3 Å². The minimum Gasteiger partial charge on any atom is -0.395 e. The summed E-state index contributed by atoms with van der Waals surface area (Å²) in [4.78, 5) is 4.74. The van der Waals surface area contributed by atoms with Crippen molar-refractivity contribution in [2.24, 2.45) is 0 Å². The van der Waals surface area contributed by atoms with Gasteiger partial charge in [0.2, 0.25) is 0 Å². The lowest BCUT2D eigenvalue weighted by atomic mass is 10.2. The summed E-state index contributed by atoms with van der Waals surface area (Å²) in [6, 6.07) is 10.5. The first kappa shape index (κ1) is 12.1. The molecule has 1 N–H and O–H groups in total. The molecule has 1 heterocycles. The average Bonchev–Trinajstić information content (AvgIpc) is 2.33. The molecule has 0 aliphatic carbocycles. The van der Waals surface area contributed by atoms with Gasteiger partial charge in [0.05, 0.1) is 10.7 Å². The highest BCUT2D eigenvalue weighted by Gasteiger charge is 2.24. The number of nitrogens with zero attached hydrogens (tertiary/aromatic N) is 2. The standard InChI is InChI=1S/C12H17IN2O/c13-12-10-15(7-6-14(12)8-9-16)11-4-2-1-3-5-11/h1-5,12,16H,6-10H2. The second-order valence-electron chi connectivity index (χ2n) is 3.98. The van der Waals surface area contributed by atoms with E-state index in [1.807, 2.05) is 6.07 Å². The van der Waals surface area contributed by atoms with Gasteiger partial charge in [0.1, 0.15) is 0 Å². The van der Waals surface area contributed by atoms with Gasteiger partial charge in [0.15, 0.2) is 0 Å². The molecule has 1 atom stereocenters. The maximum absolute atomic E-state index is 8.96. The fraction of sp³-hybridized carbons (Fsp3) is 0.500.